The minimum absolute atomic E-state index is 0.0349. The van der Waals surface area contributed by atoms with Crippen LogP contribution in [0.2, 0.25) is 0 Å². The average molecular weight is 344 g/mol. The Balaban J connectivity index is 1.70. The Bertz CT molecular complexity index is 744. The zero-order valence-electron chi connectivity index (χ0n) is 12.8. The van der Waals surface area contributed by atoms with Crippen LogP contribution < -0.4 is 5.32 Å². The number of nitrogens with zero attached hydrogens (tertiary/aromatic N) is 1. The normalized spacial score (nSPS) is 22.5. The van der Waals surface area contributed by atoms with E-state index in [-0.39, 0.29) is 23.4 Å². The molecular formula is C17H16N2O4S. The van der Waals surface area contributed by atoms with Gasteiger partial charge in [0.25, 0.3) is 5.91 Å². The minimum atomic E-state index is -1.15. The van der Waals surface area contributed by atoms with Crippen molar-refractivity contribution >= 4 is 29.5 Å². The monoisotopic (exact) mass is 344 g/mol. The van der Waals surface area contributed by atoms with E-state index in [1.165, 1.54) is 22.7 Å². The van der Waals surface area contributed by atoms with E-state index in [1.54, 1.807) is 0 Å². The lowest BCUT2D eigenvalue weighted by atomic mass is 10.0. The second-order valence-electron chi connectivity index (χ2n) is 5.50. The zero-order chi connectivity index (χ0) is 17.3. The molecule has 24 heavy (non-hydrogen) atoms. The highest BCUT2D eigenvalue weighted by Crippen LogP contribution is 2.40. The molecule has 6 nitrogen and oxygen atoms in total. The summed E-state index contributed by atoms with van der Waals surface area (Å²) >= 11 is 1.42. The molecule has 2 atom stereocenters. The maximum Gasteiger partial charge on any atom is 0.352 e. The third-order valence-corrected chi connectivity index (χ3v) is 5.27. The summed E-state index contributed by atoms with van der Waals surface area (Å²) in [7, 11) is 0. The van der Waals surface area contributed by atoms with Crippen LogP contribution in [-0.4, -0.2) is 45.0 Å². The standard InChI is InChI=1S/C17H16N2O4S/c1-2-11-9-24-16-13(15(21)19(16)14(11)17(22)23)18-12(20)8-10-6-4-3-5-7-10/h2-7,13,16H,1,8-9H2,(H,18,20)(H,22,23)/t13-,16+/m0/s1. The van der Waals surface area contributed by atoms with Crippen molar-refractivity contribution in [1.82, 2.24) is 10.2 Å². The Labute approximate surface area is 143 Å². The van der Waals surface area contributed by atoms with Crippen molar-refractivity contribution < 1.29 is 19.5 Å². The van der Waals surface area contributed by atoms with Gasteiger partial charge in [0, 0.05) is 5.75 Å². The molecule has 2 N–H and O–H groups in total. The van der Waals surface area contributed by atoms with Gasteiger partial charge in [-0.1, -0.05) is 43.0 Å². The average Bonchev–Trinajstić information content (AvgIpc) is 2.58. The number of carboxylic acids is 1. The molecule has 1 aromatic carbocycles. The van der Waals surface area contributed by atoms with Crippen molar-refractivity contribution in [3.8, 4) is 0 Å². The maximum atomic E-state index is 12.3. The summed E-state index contributed by atoms with van der Waals surface area (Å²) in [5.74, 6) is -1.36. The second-order valence-corrected chi connectivity index (χ2v) is 6.61. The topological polar surface area (TPSA) is 86.7 Å². The largest absolute Gasteiger partial charge is 0.477 e. The van der Waals surface area contributed by atoms with E-state index in [9.17, 15) is 19.5 Å². The molecule has 124 valence electrons. The van der Waals surface area contributed by atoms with Gasteiger partial charge in [0.15, 0.2) is 0 Å². The van der Waals surface area contributed by atoms with Crippen molar-refractivity contribution in [3.05, 3.63) is 59.8 Å². The molecular weight excluding hydrogens is 328 g/mol. The number of allylic oxidation sites excluding steroid dienone is 1. The Hall–Kier alpha value is -2.54. The summed E-state index contributed by atoms with van der Waals surface area (Å²) in [6, 6.07) is 8.54. The van der Waals surface area contributed by atoms with E-state index in [4.69, 9.17) is 0 Å². The summed E-state index contributed by atoms with van der Waals surface area (Å²) in [5, 5.41) is 11.7. The number of hydrogen-bond donors (Lipinski definition) is 2. The quantitative estimate of drug-likeness (QED) is 0.783. The van der Waals surface area contributed by atoms with E-state index in [1.807, 2.05) is 30.3 Å². The van der Waals surface area contributed by atoms with Gasteiger partial charge >= 0.3 is 5.97 Å². The van der Waals surface area contributed by atoms with E-state index >= 15 is 0 Å². The van der Waals surface area contributed by atoms with Crippen LogP contribution in [0.15, 0.2) is 54.3 Å². The fourth-order valence-electron chi connectivity index (χ4n) is 2.81. The van der Waals surface area contributed by atoms with Gasteiger partial charge in [0.2, 0.25) is 5.91 Å². The molecule has 0 unspecified atom stereocenters. The predicted octanol–water partition coefficient (Wildman–Crippen LogP) is 1.15. The van der Waals surface area contributed by atoms with Crippen molar-refractivity contribution in [2.45, 2.75) is 17.8 Å². The first-order valence-electron chi connectivity index (χ1n) is 7.39. The van der Waals surface area contributed by atoms with Crippen LogP contribution in [0.25, 0.3) is 0 Å². The van der Waals surface area contributed by atoms with Gasteiger partial charge in [-0.05, 0) is 11.1 Å². The van der Waals surface area contributed by atoms with Crippen LogP contribution in [-0.2, 0) is 20.8 Å². The van der Waals surface area contributed by atoms with E-state index in [0.717, 1.165) is 5.56 Å². The van der Waals surface area contributed by atoms with Gasteiger partial charge in [-0.3, -0.25) is 14.5 Å². The third-order valence-electron chi connectivity index (χ3n) is 3.97. The van der Waals surface area contributed by atoms with Gasteiger partial charge in [-0.2, -0.15) is 0 Å². The van der Waals surface area contributed by atoms with Crippen LogP contribution in [0.3, 0.4) is 0 Å². The van der Waals surface area contributed by atoms with Gasteiger partial charge < -0.3 is 10.4 Å². The number of β-lactam (4-membered cyclic amide) rings is 1. The molecule has 0 bridgehead atoms. The predicted molar refractivity (Wildman–Crippen MR) is 90.0 cm³/mol. The molecule has 3 rings (SSSR count). The molecule has 0 spiro atoms. The highest BCUT2D eigenvalue weighted by Gasteiger charge is 2.53. The number of amides is 2. The number of hydrogen-bond acceptors (Lipinski definition) is 4. The van der Waals surface area contributed by atoms with Gasteiger partial charge in [0.1, 0.15) is 17.1 Å². The maximum absolute atomic E-state index is 12.3. The molecule has 7 heteroatoms. The van der Waals surface area contributed by atoms with Crippen LogP contribution in [0.5, 0.6) is 0 Å². The summed E-state index contributed by atoms with van der Waals surface area (Å²) in [5.41, 5.74) is 1.34. The second kappa shape index (κ2) is 6.52. The third kappa shape index (κ3) is 2.82. The number of aliphatic carboxylic acids is 1. The van der Waals surface area contributed by atoms with Gasteiger partial charge in [-0.15, -0.1) is 11.8 Å². The molecule has 0 radical (unpaired) electrons. The Morgan fingerprint density at radius 3 is 2.71 bits per heavy atom. The molecule has 0 aliphatic carbocycles. The molecule has 1 aromatic rings. The Morgan fingerprint density at radius 1 is 1.38 bits per heavy atom. The number of benzene rings is 1. The van der Waals surface area contributed by atoms with E-state index in [2.05, 4.69) is 11.9 Å². The number of carboxylic acid groups (broad SMARTS) is 1. The molecule has 1 fully saturated rings. The SMILES string of the molecule is C=CC1=C(C(=O)O)N2C(=O)[C@H](NC(=O)Cc3ccccc3)[C@H]2SC1. The fraction of sp³-hybridized carbons (Fsp3) is 0.235. The highest BCUT2D eigenvalue weighted by molar-refractivity contribution is 8.00. The van der Waals surface area contributed by atoms with Crippen molar-refractivity contribution in [2.75, 3.05) is 5.75 Å². The zero-order valence-corrected chi connectivity index (χ0v) is 13.6. The first-order valence-corrected chi connectivity index (χ1v) is 8.44. The van der Waals surface area contributed by atoms with Gasteiger partial charge in [-0.25, -0.2) is 4.79 Å². The van der Waals surface area contributed by atoms with Crippen molar-refractivity contribution in [3.63, 3.8) is 0 Å². The summed E-state index contributed by atoms with van der Waals surface area (Å²) in [6.45, 7) is 3.60. The minimum Gasteiger partial charge on any atom is -0.477 e. The first kappa shape index (κ1) is 16.3. The molecule has 2 aliphatic rings. The number of nitrogens with one attached hydrogen (secondary N) is 1. The van der Waals surface area contributed by atoms with E-state index in [0.29, 0.717) is 11.3 Å². The number of carbonyl (C=O) groups is 3. The molecule has 0 saturated carbocycles. The number of rotatable bonds is 5. The number of thioether (sulfide) groups is 1. The van der Waals surface area contributed by atoms with Gasteiger partial charge in [0.05, 0.1) is 6.42 Å². The van der Waals surface area contributed by atoms with E-state index < -0.39 is 17.9 Å². The lowest BCUT2D eigenvalue weighted by Gasteiger charge is -2.49. The molecule has 2 heterocycles. The highest BCUT2D eigenvalue weighted by atomic mass is 32.2. The first-order chi connectivity index (χ1) is 11.5. The van der Waals surface area contributed by atoms with Crippen molar-refractivity contribution in [1.29, 1.82) is 0 Å². The Morgan fingerprint density at radius 2 is 2.08 bits per heavy atom. The molecule has 0 aromatic heterocycles. The summed E-state index contributed by atoms with van der Waals surface area (Å²) < 4.78 is 0. The summed E-state index contributed by atoms with van der Waals surface area (Å²) in [4.78, 5) is 37.1. The van der Waals surface area contributed by atoms with Crippen LogP contribution >= 0.6 is 11.8 Å². The van der Waals surface area contributed by atoms with Crippen LogP contribution in [0.4, 0.5) is 0 Å². The van der Waals surface area contributed by atoms with Crippen molar-refractivity contribution in [2.24, 2.45) is 0 Å². The molecule has 2 aliphatic heterocycles. The van der Waals surface area contributed by atoms with Crippen LogP contribution in [0, 0.1) is 0 Å². The number of fused-ring (bicyclic) bond motifs is 1. The molecule has 1 saturated heterocycles. The lowest BCUT2D eigenvalue weighted by molar-refractivity contribution is -0.150. The van der Waals surface area contributed by atoms with Crippen LogP contribution in [0.1, 0.15) is 5.56 Å². The Kier molecular flexibility index (Phi) is 4.44. The summed E-state index contributed by atoms with van der Waals surface area (Å²) in [6.07, 6.45) is 1.64. The lowest BCUT2D eigenvalue weighted by Crippen LogP contribution is -2.70. The molecule has 2 amide bonds. The smallest absolute Gasteiger partial charge is 0.352 e. The fourth-order valence-corrected chi connectivity index (χ4v) is 4.15. The number of carbonyl (C=O) groups excluding carboxylic acids is 2.